The molecule has 1 saturated carbocycles. The maximum absolute atomic E-state index is 6.35. The van der Waals surface area contributed by atoms with Crippen LogP contribution in [0.15, 0.2) is 30.3 Å². The molecule has 0 spiro atoms. The zero-order valence-corrected chi connectivity index (χ0v) is 11.3. The van der Waals surface area contributed by atoms with Crippen LogP contribution in [0.3, 0.4) is 0 Å². The lowest BCUT2D eigenvalue weighted by Gasteiger charge is -2.32. The SMILES string of the molecule is CC1CCCCC1OC(CCN)c1ccccc1. The van der Waals surface area contributed by atoms with Crippen molar-refractivity contribution in [3.63, 3.8) is 0 Å². The monoisotopic (exact) mass is 247 g/mol. The molecule has 0 aromatic heterocycles. The van der Waals surface area contributed by atoms with Crippen molar-refractivity contribution in [3.05, 3.63) is 35.9 Å². The molecule has 2 nitrogen and oxygen atoms in total. The van der Waals surface area contributed by atoms with Crippen LogP contribution in [0.1, 0.15) is 50.7 Å². The molecule has 0 aliphatic heterocycles. The second kappa shape index (κ2) is 6.91. The van der Waals surface area contributed by atoms with Crippen LogP contribution >= 0.6 is 0 Å². The second-order valence-corrected chi connectivity index (χ2v) is 5.41. The summed E-state index contributed by atoms with van der Waals surface area (Å²) in [6, 6.07) is 10.5. The molecule has 0 radical (unpaired) electrons. The summed E-state index contributed by atoms with van der Waals surface area (Å²) in [4.78, 5) is 0. The third kappa shape index (κ3) is 3.56. The lowest BCUT2D eigenvalue weighted by Crippen LogP contribution is -2.28. The van der Waals surface area contributed by atoms with Gasteiger partial charge in [0.25, 0.3) is 0 Å². The van der Waals surface area contributed by atoms with Crippen molar-refractivity contribution >= 4 is 0 Å². The van der Waals surface area contributed by atoms with Gasteiger partial charge in [-0.1, -0.05) is 50.1 Å². The Balaban J connectivity index is 2.01. The van der Waals surface area contributed by atoms with Gasteiger partial charge in [0, 0.05) is 0 Å². The molecule has 1 aromatic rings. The lowest BCUT2D eigenvalue weighted by molar-refractivity contribution is -0.0595. The highest BCUT2D eigenvalue weighted by molar-refractivity contribution is 5.17. The van der Waals surface area contributed by atoms with Gasteiger partial charge in [0.05, 0.1) is 12.2 Å². The van der Waals surface area contributed by atoms with Gasteiger partial charge < -0.3 is 10.5 Å². The van der Waals surface area contributed by atoms with Crippen LogP contribution in [0, 0.1) is 5.92 Å². The van der Waals surface area contributed by atoms with Crippen LogP contribution in [0.25, 0.3) is 0 Å². The van der Waals surface area contributed by atoms with Gasteiger partial charge in [-0.15, -0.1) is 0 Å². The molecule has 18 heavy (non-hydrogen) atoms. The molecule has 0 heterocycles. The van der Waals surface area contributed by atoms with E-state index in [2.05, 4.69) is 31.2 Å². The number of rotatable bonds is 5. The highest BCUT2D eigenvalue weighted by Crippen LogP contribution is 2.32. The van der Waals surface area contributed by atoms with E-state index in [4.69, 9.17) is 10.5 Å². The van der Waals surface area contributed by atoms with Crippen molar-refractivity contribution < 1.29 is 4.74 Å². The molecule has 3 atom stereocenters. The minimum absolute atomic E-state index is 0.168. The summed E-state index contributed by atoms with van der Waals surface area (Å²) in [6.07, 6.45) is 6.65. The molecule has 1 fully saturated rings. The second-order valence-electron chi connectivity index (χ2n) is 5.41. The van der Waals surface area contributed by atoms with Gasteiger partial charge in [0.2, 0.25) is 0 Å². The van der Waals surface area contributed by atoms with Crippen LogP contribution in [0.2, 0.25) is 0 Å². The number of ether oxygens (including phenoxy) is 1. The quantitative estimate of drug-likeness (QED) is 0.861. The molecule has 2 N–H and O–H groups in total. The first-order valence-corrected chi connectivity index (χ1v) is 7.21. The predicted octanol–water partition coefficient (Wildman–Crippen LogP) is 3.67. The van der Waals surface area contributed by atoms with E-state index in [1.165, 1.54) is 31.2 Å². The zero-order valence-electron chi connectivity index (χ0n) is 11.3. The molecule has 2 heteroatoms. The van der Waals surface area contributed by atoms with Crippen molar-refractivity contribution in [1.29, 1.82) is 0 Å². The summed E-state index contributed by atoms with van der Waals surface area (Å²) in [5.41, 5.74) is 6.99. The largest absolute Gasteiger partial charge is 0.370 e. The Hall–Kier alpha value is -0.860. The van der Waals surface area contributed by atoms with E-state index in [0.717, 1.165) is 6.42 Å². The average Bonchev–Trinajstić information content (AvgIpc) is 2.42. The van der Waals surface area contributed by atoms with Crippen LogP contribution in [-0.4, -0.2) is 12.6 Å². The van der Waals surface area contributed by atoms with Gasteiger partial charge in [-0.05, 0) is 37.3 Å². The molecular weight excluding hydrogens is 222 g/mol. The number of benzene rings is 1. The Bertz CT molecular complexity index is 338. The summed E-state index contributed by atoms with van der Waals surface area (Å²) in [5.74, 6) is 0.683. The minimum atomic E-state index is 0.168. The lowest BCUT2D eigenvalue weighted by atomic mass is 9.87. The third-order valence-corrected chi connectivity index (χ3v) is 3.97. The Morgan fingerprint density at radius 2 is 1.94 bits per heavy atom. The molecule has 1 aromatic carbocycles. The Kier molecular flexibility index (Phi) is 5.21. The number of nitrogens with two attached hydrogens (primary N) is 1. The average molecular weight is 247 g/mol. The molecule has 0 amide bonds. The molecule has 100 valence electrons. The molecule has 2 rings (SSSR count). The fraction of sp³-hybridized carbons (Fsp3) is 0.625. The predicted molar refractivity (Wildman–Crippen MR) is 75.4 cm³/mol. The topological polar surface area (TPSA) is 35.2 Å². The van der Waals surface area contributed by atoms with E-state index >= 15 is 0 Å². The fourth-order valence-corrected chi connectivity index (χ4v) is 2.83. The molecular formula is C16H25NO. The molecule has 3 unspecified atom stereocenters. The Morgan fingerprint density at radius 1 is 1.22 bits per heavy atom. The fourth-order valence-electron chi connectivity index (χ4n) is 2.83. The number of hydrogen-bond acceptors (Lipinski definition) is 2. The van der Waals surface area contributed by atoms with Crippen LogP contribution < -0.4 is 5.73 Å². The van der Waals surface area contributed by atoms with Crippen LogP contribution in [-0.2, 0) is 4.74 Å². The third-order valence-electron chi connectivity index (χ3n) is 3.97. The molecule has 1 aliphatic rings. The van der Waals surface area contributed by atoms with E-state index in [-0.39, 0.29) is 6.10 Å². The van der Waals surface area contributed by atoms with Crippen LogP contribution in [0.4, 0.5) is 0 Å². The highest BCUT2D eigenvalue weighted by Gasteiger charge is 2.25. The molecule has 1 aliphatic carbocycles. The summed E-state index contributed by atoms with van der Waals surface area (Å²) < 4.78 is 6.35. The van der Waals surface area contributed by atoms with Crippen molar-refractivity contribution in [2.45, 2.75) is 51.2 Å². The first-order chi connectivity index (χ1) is 8.81. The van der Waals surface area contributed by atoms with Crippen molar-refractivity contribution in [2.75, 3.05) is 6.54 Å². The zero-order chi connectivity index (χ0) is 12.8. The van der Waals surface area contributed by atoms with Gasteiger partial charge in [0.1, 0.15) is 0 Å². The first kappa shape index (κ1) is 13.6. The first-order valence-electron chi connectivity index (χ1n) is 7.21. The smallest absolute Gasteiger partial charge is 0.0840 e. The van der Waals surface area contributed by atoms with Crippen molar-refractivity contribution in [1.82, 2.24) is 0 Å². The molecule has 0 bridgehead atoms. The Morgan fingerprint density at radius 3 is 2.61 bits per heavy atom. The van der Waals surface area contributed by atoms with E-state index in [0.29, 0.717) is 18.6 Å². The molecule has 0 saturated heterocycles. The summed E-state index contributed by atoms with van der Waals surface area (Å²) in [6.45, 7) is 3.00. The number of hydrogen-bond donors (Lipinski definition) is 1. The van der Waals surface area contributed by atoms with E-state index in [1.54, 1.807) is 0 Å². The van der Waals surface area contributed by atoms with Gasteiger partial charge in [-0.25, -0.2) is 0 Å². The maximum atomic E-state index is 6.35. The summed E-state index contributed by atoms with van der Waals surface area (Å²) >= 11 is 0. The van der Waals surface area contributed by atoms with Gasteiger partial charge in [0.15, 0.2) is 0 Å². The van der Waals surface area contributed by atoms with Crippen LogP contribution in [0.5, 0.6) is 0 Å². The van der Waals surface area contributed by atoms with Gasteiger partial charge >= 0.3 is 0 Å². The normalized spacial score (nSPS) is 25.9. The van der Waals surface area contributed by atoms with Gasteiger partial charge in [-0.2, -0.15) is 0 Å². The van der Waals surface area contributed by atoms with E-state index in [9.17, 15) is 0 Å². The Labute approximate surface area is 111 Å². The van der Waals surface area contributed by atoms with Gasteiger partial charge in [-0.3, -0.25) is 0 Å². The summed E-state index contributed by atoms with van der Waals surface area (Å²) in [5, 5.41) is 0. The van der Waals surface area contributed by atoms with Crippen molar-refractivity contribution in [3.8, 4) is 0 Å². The highest BCUT2D eigenvalue weighted by atomic mass is 16.5. The standard InChI is InChI=1S/C16H25NO/c1-13-7-5-6-10-15(13)18-16(11-12-17)14-8-3-2-4-9-14/h2-4,8-9,13,15-16H,5-7,10-12,17H2,1H3. The maximum Gasteiger partial charge on any atom is 0.0840 e. The summed E-state index contributed by atoms with van der Waals surface area (Å²) in [7, 11) is 0. The van der Waals surface area contributed by atoms with E-state index in [1.807, 2.05) is 6.07 Å². The minimum Gasteiger partial charge on any atom is -0.370 e. The van der Waals surface area contributed by atoms with Crippen molar-refractivity contribution in [2.24, 2.45) is 11.7 Å². The van der Waals surface area contributed by atoms with E-state index < -0.39 is 0 Å².